The van der Waals surface area contributed by atoms with Crippen LogP contribution < -0.4 is 5.73 Å². The van der Waals surface area contributed by atoms with Crippen LogP contribution >= 0.6 is 0 Å². The van der Waals surface area contributed by atoms with E-state index in [1.807, 2.05) is 11.9 Å². The first-order chi connectivity index (χ1) is 8.45. The molecular weight excluding hydrogens is 224 g/mol. The number of rotatable bonds is 5. The smallest absolute Gasteiger partial charge is 0.239 e. The van der Waals surface area contributed by atoms with Gasteiger partial charge in [0, 0.05) is 13.1 Å². The molecule has 0 aromatic rings. The van der Waals surface area contributed by atoms with Crippen LogP contribution in [-0.2, 0) is 4.79 Å². The van der Waals surface area contributed by atoms with Gasteiger partial charge in [-0.3, -0.25) is 4.79 Å². The van der Waals surface area contributed by atoms with Gasteiger partial charge in [0.1, 0.15) is 0 Å². The highest BCUT2D eigenvalue weighted by Crippen LogP contribution is 2.29. The summed E-state index contributed by atoms with van der Waals surface area (Å²) in [6.07, 6.45) is 6.88. The van der Waals surface area contributed by atoms with Crippen molar-refractivity contribution in [3.8, 4) is 0 Å². The fraction of sp³-hybridized carbons (Fsp3) is 0.933. The zero-order valence-corrected chi connectivity index (χ0v) is 12.5. The summed E-state index contributed by atoms with van der Waals surface area (Å²) in [5, 5.41) is 0. The first-order valence-electron chi connectivity index (χ1n) is 7.47. The van der Waals surface area contributed by atoms with Crippen molar-refractivity contribution in [3.63, 3.8) is 0 Å². The van der Waals surface area contributed by atoms with E-state index in [9.17, 15) is 4.79 Å². The van der Waals surface area contributed by atoms with Gasteiger partial charge in [0.05, 0.1) is 6.04 Å². The Balaban J connectivity index is 2.44. The van der Waals surface area contributed by atoms with E-state index in [4.69, 9.17) is 5.73 Å². The number of amides is 1. The van der Waals surface area contributed by atoms with Crippen molar-refractivity contribution in [2.75, 3.05) is 7.05 Å². The average molecular weight is 254 g/mol. The third kappa shape index (κ3) is 4.27. The van der Waals surface area contributed by atoms with E-state index in [0.29, 0.717) is 12.0 Å². The molecule has 1 atom stereocenters. The fourth-order valence-corrected chi connectivity index (χ4v) is 2.99. The summed E-state index contributed by atoms with van der Waals surface area (Å²) >= 11 is 0. The topological polar surface area (TPSA) is 46.3 Å². The molecule has 0 radical (unpaired) electrons. The molecule has 1 fully saturated rings. The van der Waals surface area contributed by atoms with Crippen LogP contribution in [0.25, 0.3) is 0 Å². The van der Waals surface area contributed by atoms with Crippen molar-refractivity contribution in [1.29, 1.82) is 0 Å². The van der Waals surface area contributed by atoms with Gasteiger partial charge < -0.3 is 10.6 Å². The van der Waals surface area contributed by atoms with Crippen LogP contribution in [0, 0.1) is 11.8 Å². The monoisotopic (exact) mass is 254 g/mol. The molecule has 0 aliphatic heterocycles. The van der Waals surface area contributed by atoms with E-state index in [-0.39, 0.29) is 11.9 Å². The lowest BCUT2D eigenvalue weighted by Crippen LogP contribution is -2.48. The molecule has 3 nitrogen and oxygen atoms in total. The van der Waals surface area contributed by atoms with Crippen molar-refractivity contribution in [3.05, 3.63) is 0 Å². The average Bonchev–Trinajstić information content (AvgIpc) is 2.36. The normalized spacial score (nSPS) is 26.1. The van der Waals surface area contributed by atoms with E-state index in [0.717, 1.165) is 25.2 Å². The van der Waals surface area contributed by atoms with Crippen LogP contribution in [0.15, 0.2) is 0 Å². The number of carbonyl (C=O) groups excluding carboxylic acids is 1. The first kappa shape index (κ1) is 15.5. The molecule has 1 rings (SSSR count). The number of nitrogens with zero attached hydrogens (tertiary/aromatic N) is 1. The molecule has 0 saturated heterocycles. The second-order valence-electron chi connectivity index (χ2n) is 6.27. The summed E-state index contributed by atoms with van der Waals surface area (Å²) in [4.78, 5) is 14.1. The Morgan fingerprint density at radius 1 is 1.28 bits per heavy atom. The lowest BCUT2D eigenvalue weighted by atomic mass is 9.84. The van der Waals surface area contributed by atoms with Crippen molar-refractivity contribution >= 4 is 5.91 Å². The van der Waals surface area contributed by atoms with Crippen molar-refractivity contribution in [2.45, 2.75) is 71.4 Å². The van der Waals surface area contributed by atoms with Crippen LogP contribution in [0.2, 0.25) is 0 Å². The SMILES string of the molecule is CCC1CCC(N(C)C(=O)[C@@H](N)CC(C)C)CC1. The van der Waals surface area contributed by atoms with E-state index >= 15 is 0 Å². The molecule has 0 bridgehead atoms. The highest BCUT2D eigenvalue weighted by atomic mass is 16.2. The number of hydrogen-bond acceptors (Lipinski definition) is 2. The Morgan fingerprint density at radius 2 is 1.83 bits per heavy atom. The molecule has 2 N–H and O–H groups in total. The largest absolute Gasteiger partial charge is 0.341 e. The minimum Gasteiger partial charge on any atom is -0.341 e. The maximum absolute atomic E-state index is 12.2. The van der Waals surface area contributed by atoms with Crippen LogP contribution in [0.5, 0.6) is 0 Å². The maximum Gasteiger partial charge on any atom is 0.239 e. The summed E-state index contributed by atoms with van der Waals surface area (Å²) in [6.45, 7) is 6.48. The quantitative estimate of drug-likeness (QED) is 0.820. The van der Waals surface area contributed by atoms with Gasteiger partial charge in [-0.25, -0.2) is 0 Å². The molecule has 0 aromatic carbocycles. The van der Waals surface area contributed by atoms with E-state index in [1.54, 1.807) is 0 Å². The van der Waals surface area contributed by atoms with Gasteiger partial charge in [0.25, 0.3) is 0 Å². The second kappa shape index (κ2) is 7.13. The molecule has 3 heteroatoms. The molecular formula is C15H30N2O. The Labute approximate surface area is 112 Å². The predicted octanol–water partition coefficient (Wildman–Crippen LogP) is 2.79. The molecule has 18 heavy (non-hydrogen) atoms. The van der Waals surface area contributed by atoms with Crippen molar-refractivity contribution in [1.82, 2.24) is 4.90 Å². The van der Waals surface area contributed by atoms with E-state index in [1.165, 1.54) is 19.3 Å². The molecule has 0 heterocycles. The molecule has 1 aliphatic rings. The number of hydrogen-bond donors (Lipinski definition) is 1. The number of carbonyl (C=O) groups is 1. The lowest BCUT2D eigenvalue weighted by molar-refractivity contribution is -0.134. The standard InChI is InChI=1S/C15H30N2O/c1-5-12-6-8-13(9-7-12)17(4)15(18)14(16)10-11(2)3/h11-14H,5-10,16H2,1-4H3/t12?,13?,14-/m0/s1. The van der Waals surface area contributed by atoms with Crippen LogP contribution in [0.4, 0.5) is 0 Å². The number of nitrogens with two attached hydrogens (primary N) is 1. The highest BCUT2D eigenvalue weighted by Gasteiger charge is 2.28. The first-order valence-corrected chi connectivity index (χ1v) is 7.47. The Kier molecular flexibility index (Phi) is 6.13. The molecule has 1 amide bonds. The Morgan fingerprint density at radius 3 is 2.28 bits per heavy atom. The molecule has 106 valence electrons. The van der Waals surface area contributed by atoms with Crippen LogP contribution in [-0.4, -0.2) is 29.9 Å². The van der Waals surface area contributed by atoms with Gasteiger partial charge in [-0.2, -0.15) is 0 Å². The minimum atomic E-state index is -0.320. The molecule has 1 aliphatic carbocycles. The van der Waals surface area contributed by atoms with Gasteiger partial charge >= 0.3 is 0 Å². The fourth-order valence-electron chi connectivity index (χ4n) is 2.99. The third-order valence-electron chi connectivity index (χ3n) is 4.33. The van der Waals surface area contributed by atoms with Gasteiger partial charge in [-0.1, -0.05) is 27.2 Å². The summed E-state index contributed by atoms with van der Waals surface area (Å²) in [6, 6.07) is 0.0948. The maximum atomic E-state index is 12.2. The Bertz CT molecular complexity index is 257. The lowest BCUT2D eigenvalue weighted by Gasteiger charge is -2.35. The van der Waals surface area contributed by atoms with Crippen LogP contribution in [0.3, 0.4) is 0 Å². The molecule has 0 aromatic heterocycles. The summed E-state index contributed by atoms with van der Waals surface area (Å²) < 4.78 is 0. The van der Waals surface area contributed by atoms with Gasteiger partial charge in [0.2, 0.25) is 5.91 Å². The zero-order valence-electron chi connectivity index (χ0n) is 12.5. The molecule has 1 saturated carbocycles. The minimum absolute atomic E-state index is 0.128. The zero-order chi connectivity index (χ0) is 13.7. The van der Waals surface area contributed by atoms with Gasteiger partial charge in [-0.15, -0.1) is 0 Å². The Hall–Kier alpha value is -0.570. The van der Waals surface area contributed by atoms with E-state index < -0.39 is 0 Å². The predicted molar refractivity (Wildman–Crippen MR) is 76.2 cm³/mol. The second-order valence-corrected chi connectivity index (χ2v) is 6.27. The summed E-state index contributed by atoms with van der Waals surface area (Å²) in [7, 11) is 1.93. The highest BCUT2D eigenvalue weighted by molar-refractivity contribution is 5.81. The van der Waals surface area contributed by atoms with Crippen molar-refractivity contribution < 1.29 is 4.79 Å². The molecule has 0 spiro atoms. The van der Waals surface area contributed by atoms with Gasteiger partial charge in [-0.05, 0) is 43.9 Å². The van der Waals surface area contributed by atoms with Gasteiger partial charge in [0.15, 0.2) is 0 Å². The summed E-state index contributed by atoms with van der Waals surface area (Å²) in [5.74, 6) is 1.48. The number of likely N-dealkylation sites (N-methyl/N-ethyl adjacent to an activating group) is 1. The van der Waals surface area contributed by atoms with Crippen LogP contribution in [0.1, 0.15) is 59.3 Å². The van der Waals surface area contributed by atoms with E-state index in [2.05, 4.69) is 20.8 Å². The third-order valence-corrected chi connectivity index (χ3v) is 4.33. The van der Waals surface area contributed by atoms with Crippen molar-refractivity contribution in [2.24, 2.45) is 17.6 Å². The summed E-state index contributed by atoms with van der Waals surface area (Å²) in [5.41, 5.74) is 5.99. The molecule has 0 unspecified atom stereocenters.